The highest BCUT2D eigenvalue weighted by Crippen LogP contribution is 2.06. The topological polar surface area (TPSA) is 56.0 Å². The Kier molecular flexibility index (Phi) is 2.15. The third kappa shape index (κ3) is 1.73. The molecule has 0 aliphatic carbocycles. The van der Waals surface area contributed by atoms with Crippen LogP contribution in [0.25, 0.3) is 0 Å². The second-order valence-electron chi connectivity index (χ2n) is 2.14. The van der Waals surface area contributed by atoms with Crippen molar-refractivity contribution in [2.75, 3.05) is 0 Å². The fraction of sp³-hybridized carbons (Fsp3) is 0.286. The van der Waals surface area contributed by atoms with Crippen molar-refractivity contribution in [3.63, 3.8) is 0 Å². The van der Waals surface area contributed by atoms with Gasteiger partial charge in [0, 0.05) is 6.07 Å². The van der Waals surface area contributed by atoms with Crippen LogP contribution in [0.2, 0.25) is 0 Å². The molecule has 4 nitrogen and oxygen atoms in total. The van der Waals surface area contributed by atoms with Crippen LogP contribution in [-0.2, 0) is 6.42 Å². The first-order chi connectivity index (χ1) is 5.24. The molecule has 0 aromatic carbocycles. The maximum absolute atomic E-state index is 10.1. The van der Waals surface area contributed by atoms with Gasteiger partial charge in [-0.3, -0.25) is 0 Å². The van der Waals surface area contributed by atoms with E-state index >= 15 is 0 Å². The average molecular weight is 152 g/mol. The Morgan fingerprint density at radius 2 is 2.36 bits per heavy atom. The summed E-state index contributed by atoms with van der Waals surface area (Å²) in [6.07, 6.45) is 2.38. The lowest BCUT2D eigenvalue weighted by Crippen LogP contribution is -1.91. The van der Waals surface area contributed by atoms with Gasteiger partial charge in [0.15, 0.2) is 0 Å². The molecular formula is C7H8N2O2. The Bertz CT molecular complexity index is 256. The Morgan fingerprint density at radius 3 is 2.73 bits per heavy atom. The summed E-state index contributed by atoms with van der Waals surface area (Å²) in [5.41, 5.74) is 1.01. The molecule has 1 aromatic heterocycles. The number of nitro groups is 1. The van der Waals surface area contributed by atoms with Gasteiger partial charge in [0.25, 0.3) is 0 Å². The monoisotopic (exact) mass is 152 g/mol. The molecule has 1 aromatic rings. The van der Waals surface area contributed by atoms with Crippen molar-refractivity contribution in [2.45, 2.75) is 13.3 Å². The van der Waals surface area contributed by atoms with E-state index in [9.17, 15) is 10.1 Å². The van der Waals surface area contributed by atoms with Crippen molar-refractivity contribution >= 4 is 5.82 Å². The number of pyridine rings is 1. The molecule has 0 bridgehead atoms. The first-order valence-corrected chi connectivity index (χ1v) is 3.33. The summed E-state index contributed by atoms with van der Waals surface area (Å²) >= 11 is 0. The molecule has 0 unspecified atom stereocenters. The average Bonchev–Trinajstić information content (AvgIpc) is 2.05. The number of hydrogen-bond donors (Lipinski definition) is 0. The lowest BCUT2D eigenvalue weighted by Gasteiger charge is -1.92. The number of aryl methyl sites for hydroxylation is 1. The van der Waals surface area contributed by atoms with Crippen LogP contribution in [0.4, 0.5) is 5.82 Å². The third-order valence-electron chi connectivity index (χ3n) is 1.40. The van der Waals surface area contributed by atoms with E-state index in [1.165, 1.54) is 12.3 Å². The quantitative estimate of drug-likeness (QED) is 0.477. The van der Waals surface area contributed by atoms with Crippen molar-refractivity contribution < 1.29 is 4.92 Å². The Morgan fingerprint density at radius 1 is 1.64 bits per heavy atom. The minimum Gasteiger partial charge on any atom is -0.358 e. The first-order valence-electron chi connectivity index (χ1n) is 3.33. The van der Waals surface area contributed by atoms with Gasteiger partial charge in [-0.15, -0.1) is 0 Å². The SMILES string of the molecule is CCc1ccc([N+](=O)[O-])nc1. The van der Waals surface area contributed by atoms with Crippen LogP contribution < -0.4 is 0 Å². The number of nitrogens with zero attached hydrogens (tertiary/aromatic N) is 2. The molecular weight excluding hydrogens is 144 g/mol. The summed E-state index contributed by atoms with van der Waals surface area (Å²) in [6, 6.07) is 3.13. The zero-order chi connectivity index (χ0) is 8.27. The molecule has 0 fully saturated rings. The number of hydrogen-bond acceptors (Lipinski definition) is 3. The largest absolute Gasteiger partial charge is 0.363 e. The fourth-order valence-corrected chi connectivity index (χ4v) is 0.734. The highest BCUT2D eigenvalue weighted by atomic mass is 16.6. The maximum atomic E-state index is 10.1. The minimum atomic E-state index is -0.501. The highest BCUT2D eigenvalue weighted by molar-refractivity contribution is 5.22. The summed E-state index contributed by atoms with van der Waals surface area (Å²) in [5.74, 6) is -0.0952. The van der Waals surface area contributed by atoms with Crippen molar-refractivity contribution in [1.82, 2.24) is 4.98 Å². The zero-order valence-corrected chi connectivity index (χ0v) is 6.15. The Hall–Kier alpha value is -1.45. The smallest absolute Gasteiger partial charge is 0.358 e. The second-order valence-corrected chi connectivity index (χ2v) is 2.14. The van der Waals surface area contributed by atoms with Crippen LogP contribution in [-0.4, -0.2) is 9.91 Å². The Balaban J connectivity index is 2.91. The highest BCUT2D eigenvalue weighted by Gasteiger charge is 2.04. The molecule has 0 atom stereocenters. The molecule has 0 saturated heterocycles. The molecule has 0 saturated carbocycles. The summed E-state index contributed by atoms with van der Waals surface area (Å²) in [5, 5.41) is 10.1. The molecule has 1 rings (SSSR count). The summed E-state index contributed by atoms with van der Waals surface area (Å²) in [6.45, 7) is 1.98. The van der Waals surface area contributed by atoms with Gasteiger partial charge in [0.2, 0.25) is 0 Å². The maximum Gasteiger partial charge on any atom is 0.363 e. The molecule has 58 valence electrons. The van der Waals surface area contributed by atoms with Crippen LogP contribution in [0.15, 0.2) is 18.3 Å². The van der Waals surface area contributed by atoms with Crippen molar-refractivity contribution in [2.24, 2.45) is 0 Å². The van der Waals surface area contributed by atoms with Crippen LogP contribution in [0.1, 0.15) is 12.5 Å². The van der Waals surface area contributed by atoms with Gasteiger partial charge in [-0.25, -0.2) is 0 Å². The van der Waals surface area contributed by atoms with Crippen molar-refractivity contribution in [3.05, 3.63) is 34.0 Å². The standard InChI is InChI=1S/C7H8N2O2/c1-2-6-3-4-7(8-5-6)9(10)11/h3-5H,2H2,1H3. The minimum absolute atomic E-state index is 0.0952. The lowest BCUT2D eigenvalue weighted by atomic mass is 10.2. The van der Waals surface area contributed by atoms with Gasteiger partial charge >= 0.3 is 5.82 Å². The van der Waals surface area contributed by atoms with Crippen LogP contribution in [0.5, 0.6) is 0 Å². The normalized spacial score (nSPS) is 9.55. The first kappa shape index (κ1) is 7.65. The van der Waals surface area contributed by atoms with E-state index in [0.717, 1.165) is 12.0 Å². The van der Waals surface area contributed by atoms with E-state index in [1.807, 2.05) is 6.92 Å². The fourth-order valence-electron chi connectivity index (χ4n) is 0.734. The molecule has 0 spiro atoms. The van der Waals surface area contributed by atoms with E-state index in [0.29, 0.717) is 0 Å². The molecule has 4 heteroatoms. The van der Waals surface area contributed by atoms with E-state index in [-0.39, 0.29) is 5.82 Å². The van der Waals surface area contributed by atoms with E-state index in [4.69, 9.17) is 0 Å². The summed E-state index contributed by atoms with van der Waals surface area (Å²) in [7, 11) is 0. The van der Waals surface area contributed by atoms with Gasteiger partial charge < -0.3 is 10.1 Å². The molecule has 11 heavy (non-hydrogen) atoms. The zero-order valence-electron chi connectivity index (χ0n) is 6.15. The van der Waals surface area contributed by atoms with Gasteiger partial charge in [0.1, 0.15) is 6.20 Å². The Labute approximate surface area is 64.0 Å². The predicted octanol–water partition coefficient (Wildman–Crippen LogP) is 1.55. The second kappa shape index (κ2) is 3.09. The molecule has 0 N–H and O–H groups in total. The van der Waals surface area contributed by atoms with Crippen LogP contribution >= 0.6 is 0 Å². The van der Waals surface area contributed by atoms with Gasteiger partial charge in [-0.2, -0.15) is 0 Å². The third-order valence-corrected chi connectivity index (χ3v) is 1.40. The molecule has 0 amide bonds. The molecule has 0 aliphatic heterocycles. The van der Waals surface area contributed by atoms with Crippen LogP contribution in [0, 0.1) is 10.1 Å². The number of rotatable bonds is 2. The van der Waals surface area contributed by atoms with Gasteiger partial charge in [-0.1, -0.05) is 6.92 Å². The van der Waals surface area contributed by atoms with Crippen molar-refractivity contribution in [1.29, 1.82) is 0 Å². The van der Waals surface area contributed by atoms with E-state index in [2.05, 4.69) is 4.98 Å². The van der Waals surface area contributed by atoms with Gasteiger partial charge in [-0.05, 0) is 28.0 Å². The molecule has 1 heterocycles. The lowest BCUT2D eigenvalue weighted by molar-refractivity contribution is -0.389. The van der Waals surface area contributed by atoms with Gasteiger partial charge in [0.05, 0.1) is 0 Å². The predicted molar refractivity (Wildman–Crippen MR) is 40.3 cm³/mol. The van der Waals surface area contributed by atoms with Crippen molar-refractivity contribution in [3.8, 4) is 0 Å². The van der Waals surface area contributed by atoms with Crippen LogP contribution in [0.3, 0.4) is 0 Å². The molecule has 0 radical (unpaired) electrons. The summed E-state index contributed by atoms with van der Waals surface area (Å²) < 4.78 is 0. The van der Waals surface area contributed by atoms with E-state index < -0.39 is 4.92 Å². The molecule has 0 aliphatic rings. The number of aromatic nitrogens is 1. The summed E-state index contributed by atoms with van der Waals surface area (Å²) in [4.78, 5) is 13.3. The van der Waals surface area contributed by atoms with E-state index in [1.54, 1.807) is 6.07 Å².